The van der Waals surface area contributed by atoms with Gasteiger partial charge in [-0.3, -0.25) is 4.68 Å². The van der Waals surface area contributed by atoms with Gasteiger partial charge in [-0.15, -0.1) is 0 Å². The molecule has 2 aromatic rings. The maximum atomic E-state index is 12.9. The highest BCUT2D eigenvalue weighted by Gasteiger charge is 2.13. The van der Waals surface area contributed by atoms with Crippen molar-refractivity contribution < 1.29 is 9.50 Å². The Morgan fingerprint density at radius 2 is 2.20 bits per heavy atom. The van der Waals surface area contributed by atoms with Gasteiger partial charge in [0.2, 0.25) is 0 Å². The first-order chi connectivity index (χ1) is 7.16. The van der Waals surface area contributed by atoms with Crippen molar-refractivity contribution in [2.75, 3.05) is 0 Å². The number of hydrogen-bond donors (Lipinski definition) is 1. The van der Waals surface area contributed by atoms with Gasteiger partial charge in [-0.2, -0.15) is 5.10 Å². The Morgan fingerprint density at radius 1 is 1.40 bits per heavy atom. The molecule has 0 aliphatic heterocycles. The second-order valence-corrected chi connectivity index (χ2v) is 3.37. The number of aryl methyl sites for hydroxylation is 1. The average Bonchev–Trinajstić information content (AvgIpc) is 2.64. The van der Waals surface area contributed by atoms with Crippen molar-refractivity contribution in [1.82, 2.24) is 9.78 Å². The number of halogens is 1. The topological polar surface area (TPSA) is 38.0 Å². The predicted octanol–water partition coefficient (Wildman–Crippen LogP) is 1.64. The van der Waals surface area contributed by atoms with Gasteiger partial charge in [0.05, 0.1) is 5.69 Å². The third-order valence-electron chi connectivity index (χ3n) is 2.18. The van der Waals surface area contributed by atoms with Crippen molar-refractivity contribution in [2.24, 2.45) is 7.05 Å². The van der Waals surface area contributed by atoms with Crippen LogP contribution >= 0.6 is 0 Å². The summed E-state index contributed by atoms with van der Waals surface area (Å²) in [6.45, 7) is 0. The van der Waals surface area contributed by atoms with Crippen LogP contribution in [-0.2, 0) is 7.05 Å². The fourth-order valence-corrected chi connectivity index (χ4v) is 1.43. The molecule has 0 saturated heterocycles. The van der Waals surface area contributed by atoms with E-state index in [1.165, 1.54) is 12.1 Å². The first kappa shape index (κ1) is 9.86. The summed E-state index contributed by atoms with van der Waals surface area (Å²) in [5.74, 6) is -0.359. The molecular formula is C11H11FN2O. The second kappa shape index (κ2) is 3.82. The third kappa shape index (κ3) is 2.05. The monoisotopic (exact) mass is 206 g/mol. The summed E-state index contributed by atoms with van der Waals surface area (Å²) < 4.78 is 14.5. The van der Waals surface area contributed by atoms with E-state index in [2.05, 4.69) is 5.10 Å². The lowest BCUT2D eigenvalue weighted by Crippen LogP contribution is -2.02. The number of aliphatic hydroxyl groups excluding tert-OH is 1. The van der Waals surface area contributed by atoms with Crippen molar-refractivity contribution >= 4 is 0 Å². The summed E-state index contributed by atoms with van der Waals surface area (Å²) >= 11 is 0. The molecule has 0 saturated carbocycles. The molecule has 15 heavy (non-hydrogen) atoms. The smallest absolute Gasteiger partial charge is 0.123 e. The molecule has 0 aliphatic carbocycles. The van der Waals surface area contributed by atoms with Crippen molar-refractivity contribution in [3.05, 3.63) is 53.6 Å². The molecule has 0 spiro atoms. The van der Waals surface area contributed by atoms with Crippen LogP contribution in [0.1, 0.15) is 17.4 Å². The highest BCUT2D eigenvalue weighted by atomic mass is 19.1. The molecular weight excluding hydrogens is 195 g/mol. The summed E-state index contributed by atoms with van der Waals surface area (Å²) in [7, 11) is 1.77. The third-order valence-corrected chi connectivity index (χ3v) is 2.18. The minimum absolute atomic E-state index is 0.359. The van der Waals surface area contributed by atoms with E-state index in [-0.39, 0.29) is 5.82 Å². The minimum Gasteiger partial charge on any atom is -0.382 e. The van der Waals surface area contributed by atoms with E-state index in [0.29, 0.717) is 11.3 Å². The van der Waals surface area contributed by atoms with Crippen LogP contribution in [0.25, 0.3) is 0 Å². The van der Waals surface area contributed by atoms with E-state index in [9.17, 15) is 9.50 Å². The summed E-state index contributed by atoms with van der Waals surface area (Å²) in [5.41, 5.74) is 1.02. The van der Waals surface area contributed by atoms with Crippen LogP contribution < -0.4 is 0 Å². The zero-order chi connectivity index (χ0) is 10.8. The van der Waals surface area contributed by atoms with Crippen LogP contribution in [0.5, 0.6) is 0 Å². The molecule has 0 aliphatic rings. The lowest BCUT2D eigenvalue weighted by atomic mass is 10.1. The van der Waals surface area contributed by atoms with Gasteiger partial charge in [-0.25, -0.2) is 4.39 Å². The Bertz CT molecular complexity index is 467. The first-order valence-corrected chi connectivity index (χ1v) is 4.60. The summed E-state index contributed by atoms with van der Waals surface area (Å²) in [4.78, 5) is 0. The number of aliphatic hydroxyl groups is 1. The molecule has 1 heterocycles. The van der Waals surface area contributed by atoms with E-state index in [1.807, 2.05) is 0 Å². The van der Waals surface area contributed by atoms with E-state index < -0.39 is 6.10 Å². The van der Waals surface area contributed by atoms with Gasteiger partial charge in [0.1, 0.15) is 11.9 Å². The van der Waals surface area contributed by atoms with Gasteiger partial charge in [-0.1, -0.05) is 12.1 Å². The molecule has 1 aromatic carbocycles. The highest BCUT2D eigenvalue weighted by Crippen LogP contribution is 2.20. The van der Waals surface area contributed by atoms with Gasteiger partial charge in [0, 0.05) is 13.2 Å². The quantitative estimate of drug-likeness (QED) is 0.811. The Hall–Kier alpha value is -1.68. The maximum absolute atomic E-state index is 12.9. The van der Waals surface area contributed by atoms with Crippen molar-refractivity contribution in [3.63, 3.8) is 0 Å². The van der Waals surface area contributed by atoms with Crippen molar-refractivity contribution in [2.45, 2.75) is 6.10 Å². The van der Waals surface area contributed by atoms with Crippen LogP contribution in [-0.4, -0.2) is 14.9 Å². The molecule has 0 fully saturated rings. The van der Waals surface area contributed by atoms with Crippen LogP contribution in [0.4, 0.5) is 4.39 Å². The molecule has 78 valence electrons. The maximum Gasteiger partial charge on any atom is 0.123 e. The summed E-state index contributed by atoms with van der Waals surface area (Å²) in [6, 6.07) is 7.59. The van der Waals surface area contributed by atoms with Crippen LogP contribution in [0.2, 0.25) is 0 Å². The van der Waals surface area contributed by atoms with Crippen molar-refractivity contribution in [1.29, 1.82) is 0 Å². The van der Waals surface area contributed by atoms with Crippen LogP contribution in [0, 0.1) is 5.82 Å². The lowest BCUT2D eigenvalue weighted by molar-refractivity contribution is 0.214. The molecule has 4 heteroatoms. The fraction of sp³-hybridized carbons (Fsp3) is 0.182. The Kier molecular flexibility index (Phi) is 2.51. The molecule has 0 bridgehead atoms. The van der Waals surface area contributed by atoms with E-state index >= 15 is 0 Å². The van der Waals surface area contributed by atoms with E-state index in [0.717, 1.165) is 0 Å². The normalized spacial score (nSPS) is 12.7. The van der Waals surface area contributed by atoms with Gasteiger partial charge in [0.15, 0.2) is 0 Å². The number of hydrogen-bond acceptors (Lipinski definition) is 2. The van der Waals surface area contributed by atoms with Crippen molar-refractivity contribution in [3.8, 4) is 0 Å². The molecule has 1 unspecified atom stereocenters. The van der Waals surface area contributed by atoms with Gasteiger partial charge in [0.25, 0.3) is 0 Å². The largest absolute Gasteiger partial charge is 0.382 e. The van der Waals surface area contributed by atoms with E-state index in [1.54, 1.807) is 36.1 Å². The number of nitrogens with zero attached hydrogens (tertiary/aromatic N) is 2. The molecule has 1 atom stereocenters. The average molecular weight is 206 g/mol. The number of benzene rings is 1. The predicted molar refractivity (Wildman–Crippen MR) is 53.7 cm³/mol. The fourth-order valence-electron chi connectivity index (χ4n) is 1.43. The highest BCUT2D eigenvalue weighted by molar-refractivity contribution is 5.25. The molecule has 0 radical (unpaired) electrons. The Morgan fingerprint density at radius 3 is 2.80 bits per heavy atom. The first-order valence-electron chi connectivity index (χ1n) is 4.60. The Labute approximate surface area is 86.8 Å². The SMILES string of the molecule is Cn1ccc(C(O)c2cccc(F)c2)n1. The zero-order valence-electron chi connectivity index (χ0n) is 8.26. The van der Waals surface area contributed by atoms with Gasteiger partial charge in [-0.05, 0) is 23.8 Å². The number of aromatic nitrogens is 2. The van der Waals surface area contributed by atoms with E-state index in [4.69, 9.17) is 0 Å². The summed E-state index contributed by atoms with van der Waals surface area (Å²) in [5, 5.41) is 13.9. The lowest BCUT2D eigenvalue weighted by Gasteiger charge is -2.07. The molecule has 1 aromatic heterocycles. The molecule has 0 amide bonds. The second-order valence-electron chi connectivity index (χ2n) is 3.37. The zero-order valence-corrected chi connectivity index (χ0v) is 8.26. The minimum atomic E-state index is -0.873. The Balaban J connectivity index is 2.32. The van der Waals surface area contributed by atoms with Crippen LogP contribution in [0.15, 0.2) is 36.5 Å². The molecule has 2 rings (SSSR count). The van der Waals surface area contributed by atoms with Crippen LogP contribution in [0.3, 0.4) is 0 Å². The van der Waals surface area contributed by atoms with Gasteiger partial charge < -0.3 is 5.11 Å². The summed E-state index contributed by atoms with van der Waals surface area (Å²) in [6.07, 6.45) is 0.861. The van der Waals surface area contributed by atoms with Gasteiger partial charge >= 0.3 is 0 Å². The number of rotatable bonds is 2. The molecule has 1 N–H and O–H groups in total. The standard InChI is InChI=1S/C11H11FN2O/c1-14-6-5-10(13-14)11(15)8-3-2-4-9(12)7-8/h2-7,11,15H,1H3. The molecule has 3 nitrogen and oxygen atoms in total.